The van der Waals surface area contributed by atoms with Gasteiger partial charge in [0.05, 0.1) is 19.6 Å². The number of carbonyl (C=O) groups excluding carboxylic acids is 2. The second-order valence-electron chi connectivity index (χ2n) is 5.55. The summed E-state index contributed by atoms with van der Waals surface area (Å²) >= 11 is 0. The van der Waals surface area contributed by atoms with Gasteiger partial charge in [-0.1, -0.05) is 18.2 Å². The summed E-state index contributed by atoms with van der Waals surface area (Å²) < 4.78 is 11.0. The van der Waals surface area contributed by atoms with Gasteiger partial charge in [-0.15, -0.1) is 0 Å². The Morgan fingerprint density at radius 3 is 2.57 bits per heavy atom. The van der Waals surface area contributed by atoms with E-state index in [1.54, 1.807) is 6.08 Å². The van der Waals surface area contributed by atoms with Gasteiger partial charge in [0, 0.05) is 19.6 Å². The lowest BCUT2D eigenvalue weighted by Gasteiger charge is -2.26. The molecule has 0 amide bonds. The summed E-state index contributed by atoms with van der Waals surface area (Å²) in [7, 11) is 0. The lowest BCUT2D eigenvalue weighted by atomic mass is 10.1. The lowest BCUT2D eigenvalue weighted by Crippen LogP contribution is -2.38. The molecule has 2 rings (SSSR count). The maximum atomic E-state index is 11.4. The van der Waals surface area contributed by atoms with E-state index in [4.69, 9.17) is 9.47 Å². The van der Waals surface area contributed by atoms with Crippen molar-refractivity contribution in [3.05, 3.63) is 35.9 Å². The van der Waals surface area contributed by atoms with Crippen LogP contribution >= 0.6 is 0 Å². The fourth-order valence-corrected chi connectivity index (χ4v) is 2.29. The Morgan fingerprint density at radius 1 is 1.22 bits per heavy atom. The molecule has 1 aromatic carbocycles. The molecule has 5 nitrogen and oxygen atoms in total. The molecule has 0 aliphatic carbocycles. The molecular weight excluding hydrogens is 294 g/mol. The number of benzene rings is 1. The standard InChI is InChI=1S/C18H23NO4/c1-15(20)14-17(21)5-2-16-3-6-18(7-4-16)23-13-10-19-8-11-22-12-9-19/h2-7H,8-14H2,1H3/b5-2+. The van der Waals surface area contributed by atoms with Crippen LogP contribution in [0.5, 0.6) is 5.75 Å². The molecule has 1 saturated heterocycles. The first-order valence-electron chi connectivity index (χ1n) is 7.87. The van der Waals surface area contributed by atoms with Gasteiger partial charge in [0.2, 0.25) is 0 Å². The van der Waals surface area contributed by atoms with E-state index in [0.717, 1.165) is 44.2 Å². The monoisotopic (exact) mass is 317 g/mol. The first-order chi connectivity index (χ1) is 11.1. The Bertz CT molecular complexity index is 545. The number of ether oxygens (including phenoxy) is 2. The molecule has 0 unspecified atom stereocenters. The van der Waals surface area contributed by atoms with Crippen LogP contribution in [0.15, 0.2) is 30.3 Å². The molecule has 0 N–H and O–H groups in total. The fourth-order valence-electron chi connectivity index (χ4n) is 2.29. The lowest BCUT2D eigenvalue weighted by molar-refractivity contribution is -0.123. The summed E-state index contributed by atoms with van der Waals surface area (Å²) in [5.41, 5.74) is 0.905. The largest absolute Gasteiger partial charge is 0.492 e. The molecule has 0 bridgehead atoms. The molecule has 0 saturated carbocycles. The quantitative estimate of drug-likeness (QED) is 0.542. The van der Waals surface area contributed by atoms with Crippen LogP contribution in [0.2, 0.25) is 0 Å². The molecule has 124 valence electrons. The molecule has 23 heavy (non-hydrogen) atoms. The summed E-state index contributed by atoms with van der Waals surface area (Å²) in [6.07, 6.45) is 3.11. The predicted molar refractivity (Wildman–Crippen MR) is 88.5 cm³/mol. The van der Waals surface area contributed by atoms with Crippen molar-refractivity contribution in [3.8, 4) is 5.75 Å². The summed E-state index contributed by atoms with van der Waals surface area (Å²) in [4.78, 5) is 24.6. The van der Waals surface area contributed by atoms with Crippen molar-refractivity contribution in [3.63, 3.8) is 0 Å². The normalized spacial score (nSPS) is 15.7. The van der Waals surface area contributed by atoms with Crippen LogP contribution in [0, 0.1) is 0 Å². The number of hydrogen-bond donors (Lipinski definition) is 0. The molecular formula is C18H23NO4. The SMILES string of the molecule is CC(=O)CC(=O)/C=C/c1ccc(OCCN2CCOCC2)cc1. The molecule has 1 fully saturated rings. The summed E-state index contributed by atoms with van der Waals surface area (Å²) in [6.45, 7) is 6.46. The summed E-state index contributed by atoms with van der Waals surface area (Å²) in [5.74, 6) is 0.512. The number of Topliss-reactive ketones (excluding diaryl/α,β-unsaturated/α-hetero) is 1. The van der Waals surface area contributed by atoms with Crippen LogP contribution in [0.1, 0.15) is 18.9 Å². The Labute approximate surface area is 136 Å². The topological polar surface area (TPSA) is 55.8 Å². The zero-order valence-electron chi connectivity index (χ0n) is 13.5. The van der Waals surface area contributed by atoms with Gasteiger partial charge in [-0.3, -0.25) is 14.5 Å². The number of ketones is 2. The van der Waals surface area contributed by atoms with E-state index >= 15 is 0 Å². The minimum atomic E-state index is -0.177. The Balaban J connectivity index is 1.74. The molecule has 0 radical (unpaired) electrons. The highest BCUT2D eigenvalue weighted by Gasteiger charge is 2.09. The second-order valence-corrected chi connectivity index (χ2v) is 5.55. The van der Waals surface area contributed by atoms with Gasteiger partial charge >= 0.3 is 0 Å². The molecule has 5 heteroatoms. The Kier molecular flexibility index (Phi) is 6.97. The Morgan fingerprint density at radius 2 is 1.91 bits per heavy atom. The molecule has 0 spiro atoms. The van der Waals surface area contributed by atoms with Crippen molar-refractivity contribution in [2.45, 2.75) is 13.3 Å². The van der Waals surface area contributed by atoms with Crippen LogP contribution in [0.25, 0.3) is 6.08 Å². The van der Waals surface area contributed by atoms with E-state index in [1.165, 1.54) is 13.0 Å². The van der Waals surface area contributed by atoms with Crippen molar-refractivity contribution in [2.75, 3.05) is 39.5 Å². The van der Waals surface area contributed by atoms with E-state index in [2.05, 4.69) is 4.90 Å². The first kappa shape index (κ1) is 17.4. The van der Waals surface area contributed by atoms with Crippen molar-refractivity contribution in [1.29, 1.82) is 0 Å². The third-order valence-corrected chi connectivity index (χ3v) is 3.54. The van der Waals surface area contributed by atoms with Gasteiger partial charge in [-0.25, -0.2) is 0 Å². The Hall–Kier alpha value is -1.98. The maximum Gasteiger partial charge on any atom is 0.163 e. The van der Waals surface area contributed by atoms with Crippen molar-refractivity contribution >= 4 is 17.6 Å². The van der Waals surface area contributed by atoms with Gasteiger partial charge in [-0.05, 0) is 30.7 Å². The second kappa shape index (κ2) is 9.22. The number of nitrogens with zero attached hydrogens (tertiary/aromatic N) is 1. The van der Waals surface area contributed by atoms with Gasteiger partial charge in [0.1, 0.15) is 18.1 Å². The number of rotatable bonds is 8. The zero-order valence-corrected chi connectivity index (χ0v) is 13.5. The van der Waals surface area contributed by atoms with Gasteiger partial charge in [-0.2, -0.15) is 0 Å². The molecule has 0 atom stereocenters. The fraction of sp³-hybridized carbons (Fsp3) is 0.444. The maximum absolute atomic E-state index is 11.4. The minimum absolute atomic E-state index is 0.0424. The van der Waals surface area contributed by atoms with Crippen molar-refractivity contribution < 1.29 is 19.1 Å². The van der Waals surface area contributed by atoms with E-state index in [9.17, 15) is 9.59 Å². The first-order valence-corrected chi connectivity index (χ1v) is 7.87. The molecule has 1 aliphatic rings. The number of allylic oxidation sites excluding steroid dienone is 1. The minimum Gasteiger partial charge on any atom is -0.492 e. The summed E-state index contributed by atoms with van der Waals surface area (Å²) in [5, 5.41) is 0. The van der Waals surface area contributed by atoms with E-state index in [0.29, 0.717) is 6.61 Å². The number of hydrogen-bond acceptors (Lipinski definition) is 5. The average molecular weight is 317 g/mol. The molecule has 0 aromatic heterocycles. The molecule has 1 aliphatic heterocycles. The van der Waals surface area contributed by atoms with Crippen molar-refractivity contribution in [2.24, 2.45) is 0 Å². The van der Waals surface area contributed by atoms with Crippen LogP contribution in [0.4, 0.5) is 0 Å². The number of morpholine rings is 1. The van der Waals surface area contributed by atoms with Gasteiger partial charge in [0.15, 0.2) is 5.78 Å². The van der Waals surface area contributed by atoms with Gasteiger partial charge < -0.3 is 9.47 Å². The van der Waals surface area contributed by atoms with Crippen LogP contribution < -0.4 is 4.74 Å². The number of carbonyl (C=O) groups is 2. The highest BCUT2D eigenvalue weighted by Crippen LogP contribution is 2.13. The molecule has 1 heterocycles. The average Bonchev–Trinajstić information content (AvgIpc) is 2.54. The van der Waals surface area contributed by atoms with Crippen LogP contribution in [-0.4, -0.2) is 55.9 Å². The molecule has 1 aromatic rings. The van der Waals surface area contributed by atoms with E-state index in [1.807, 2.05) is 24.3 Å². The van der Waals surface area contributed by atoms with Crippen LogP contribution in [-0.2, 0) is 14.3 Å². The zero-order chi connectivity index (χ0) is 16.5. The smallest absolute Gasteiger partial charge is 0.163 e. The van der Waals surface area contributed by atoms with Crippen LogP contribution in [0.3, 0.4) is 0 Å². The summed E-state index contributed by atoms with van der Waals surface area (Å²) in [6, 6.07) is 7.55. The highest BCUT2D eigenvalue weighted by molar-refractivity contribution is 6.05. The third kappa shape index (κ3) is 6.76. The predicted octanol–water partition coefficient (Wildman–Crippen LogP) is 1.96. The highest BCUT2D eigenvalue weighted by atomic mass is 16.5. The van der Waals surface area contributed by atoms with E-state index < -0.39 is 0 Å². The van der Waals surface area contributed by atoms with E-state index in [-0.39, 0.29) is 18.0 Å². The third-order valence-electron chi connectivity index (χ3n) is 3.54. The van der Waals surface area contributed by atoms with Crippen molar-refractivity contribution in [1.82, 2.24) is 4.90 Å². The van der Waals surface area contributed by atoms with Gasteiger partial charge in [0.25, 0.3) is 0 Å².